The van der Waals surface area contributed by atoms with Crippen LogP contribution in [0.2, 0.25) is 0 Å². The van der Waals surface area contributed by atoms with Crippen molar-refractivity contribution in [2.75, 3.05) is 19.7 Å². The summed E-state index contributed by atoms with van der Waals surface area (Å²) < 4.78 is 30.4. The Hall–Kier alpha value is -4.97. The van der Waals surface area contributed by atoms with Crippen LogP contribution < -0.4 is 23.4 Å². The molecule has 7 heteroatoms. The van der Waals surface area contributed by atoms with Gasteiger partial charge in [-0.3, -0.25) is 0 Å². The number of hydrogen-bond acceptors (Lipinski definition) is 6. The van der Waals surface area contributed by atoms with E-state index in [0.717, 1.165) is 22.3 Å². The average Bonchev–Trinajstić information content (AvgIpc) is 3.13. The normalized spacial score (nSPS) is 11.5. The molecule has 0 saturated heterocycles. The average molecular weight is 694 g/mol. The van der Waals surface area contributed by atoms with Gasteiger partial charge in [-0.15, -0.1) is 0 Å². The Balaban J connectivity index is 1.30. The quantitative estimate of drug-likeness (QED) is 0.0801. The first kappa shape index (κ1) is 33.4. The van der Waals surface area contributed by atoms with Gasteiger partial charge in [0.05, 0.1) is 0 Å². The molecule has 0 bridgehead atoms. The maximum absolute atomic E-state index is 13.5. The Labute approximate surface area is 283 Å². The molecule has 0 fully saturated rings. The fraction of sp³-hybridized carbons (Fsp3) is 0.175. The molecule has 0 saturated carbocycles. The topological polar surface area (TPSA) is 63.2 Å². The smallest absolute Gasteiger partial charge is 0.0622 e. The van der Waals surface area contributed by atoms with E-state index in [2.05, 4.69) is 12.1 Å². The van der Waals surface area contributed by atoms with Crippen LogP contribution in [-0.2, 0) is 29.2 Å². The molecule has 5 aromatic rings. The Morgan fingerprint density at radius 1 is 0.638 bits per heavy atom. The van der Waals surface area contributed by atoms with Gasteiger partial charge in [-0.25, -0.2) is 0 Å². The van der Waals surface area contributed by atoms with E-state index in [1.165, 1.54) is 4.46 Å². The molecular weight excluding hydrogens is 655 g/mol. The molecule has 0 aliphatic heterocycles. The fourth-order valence-electron chi connectivity index (χ4n) is 4.83. The Bertz CT molecular complexity index is 1720. The molecule has 0 spiro atoms. The molecule has 0 amide bonds. The van der Waals surface area contributed by atoms with E-state index in [9.17, 15) is 4.79 Å². The van der Waals surface area contributed by atoms with Crippen LogP contribution in [0.15, 0.2) is 133 Å². The molecule has 1 atom stereocenters. The Morgan fingerprint density at radius 2 is 1.19 bits per heavy atom. The second kappa shape index (κ2) is 17.7. The molecule has 0 aromatic heterocycles. The number of hydrogen-bond donors (Lipinski definition) is 0. The van der Waals surface area contributed by atoms with E-state index in [0.29, 0.717) is 48.1 Å². The zero-order chi connectivity index (χ0) is 32.7. The number of ether oxygens (including phenoxy) is 5. The van der Waals surface area contributed by atoms with E-state index in [1.54, 1.807) is 14.2 Å². The second-order valence-electron chi connectivity index (χ2n) is 10.7. The zero-order valence-corrected chi connectivity index (χ0v) is 28.3. The van der Waals surface area contributed by atoms with Gasteiger partial charge in [-0.2, -0.15) is 0 Å². The summed E-state index contributed by atoms with van der Waals surface area (Å²) in [6.45, 7) is 0.862. The molecule has 47 heavy (non-hydrogen) atoms. The molecule has 0 aliphatic rings. The van der Waals surface area contributed by atoms with Gasteiger partial charge in [0, 0.05) is 0 Å². The number of benzene rings is 5. The third kappa shape index (κ3) is 10.3. The predicted octanol–water partition coefficient (Wildman–Crippen LogP) is 7.26. The third-order valence-electron chi connectivity index (χ3n) is 7.34. The minimum absolute atomic E-state index is 0.0229. The van der Waals surface area contributed by atoms with Gasteiger partial charge in [-0.1, -0.05) is 60.7 Å². The van der Waals surface area contributed by atoms with Crippen molar-refractivity contribution in [1.29, 1.82) is 0 Å². The van der Waals surface area contributed by atoms with Gasteiger partial charge in [0.2, 0.25) is 0 Å². The van der Waals surface area contributed by atoms with Crippen LogP contribution in [0.25, 0.3) is 6.08 Å². The molecule has 0 radical (unpaired) electrons. The van der Waals surface area contributed by atoms with Gasteiger partial charge in [-0.05, 0) is 5.56 Å². The van der Waals surface area contributed by atoms with Crippen molar-refractivity contribution in [3.05, 3.63) is 156 Å². The molecule has 0 heterocycles. The van der Waals surface area contributed by atoms with E-state index in [1.807, 2.05) is 127 Å². The first-order valence-electron chi connectivity index (χ1n) is 15.3. The van der Waals surface area contributed by atoms with Crippen LogP contribution in [0.5, 0.6) is 23.0 Å². The molecule has 240 valence electrons. The molecule has 0 N–H and O–H groups in total. The summed E-state index contributed by atoms with van der Waals surface area (Å²) in [6, 6.07) is 41.6. The first-order chi connectivity index (χ1) is 23.1. The minimum Gasteiger partial charge on any atom is -0.0622 e. The summed E-state index contributed by atoms with van der Waals surface area (Å²) in [5.74, 6) is 1.71. The van der Waals surface area contributed by atoms with Crippen molar-refractivity contribution in [3.63, 3.8) is 0 Å². The monoisotopic (exact) mass is 694 g/mol. The predicted molar refractivity (Wildman–Crippen MR) is 187 cm³/mol. The van der Waals surface area contributed by atoms with Crippen molar-refractivity contribution < 1.29 is 28.5 Å². The van der Waals surface area contributed by atoms with Crippen LogP contribution in [0, 0.1) is 5.92 Å². The number of carbonyl (C=O) groups excluding carboxylic acids is 1. The number of rotatable bonds is 16. The van der Waals surface area contributed by atoms with Gasteiger partial charge in [0.1, 0.15) is 0 Å². The molecule has 5 aromatic carbocycles. The zero-order valence-electron chi connectivity index (χ0n) is 26.5. The first-order valence-corrected chi connectivity index (χ1v) is 17.4. The van der Waals surface area contributed by atoms with Crippen LogP contribution in [0.1, 0.15) is 22.3 Å². The Kier molecular flexibility index (Phi) is 12.5. The molecule has 0 aliphatic carbocycles. The Morgan fingerprint density at radius 3 is 1.79 bits per heavy atom. The second-order valence-corrected chi connectivity index (χ2v) is 12.7. The standard InChI is InChI=1S/C40H38O6Se/c1-42-38-25-30(19-22-36(38)44-27-31-12-6-3-7-13-31)18-21-34(40(41)46-29-47-35-16-10-5-11-17-35)24-33-20-23-37(39(26-33)43-2)45-28-32-14-8-4-9-15-32/h3-23,25-26,34H,24,27-29H2,1-2H3/b21-18+. The van der Waals surface area contributed by atoms with E-state index < -0.39 is 5.92 Å². The van der Waals surface area contributed by atoms with E-state index in [4.69, 9.17) is 23.7 Å². The summed E-state index contributed by atoms with van der Waals surface area (Å²) in [6.07, 6.45) is 4.24. The van der Waals surface area contributed by atoms with Gasteiger partial charge in [0.15, 0.2) is 0 Å². The summed E-state index contributed by atoms with van der Waals surface area (Å²) in [7, 11) is 3.24. The van der Waals surface area contributed by atoms with Crippen LogP contribution in [0.3, 0.4) is 0 Å². The van der Waals surface area contributed by atoms with Gasteiger partial charge >= 0.3 is 218 Å². The van der Waals surface area contributed by atoms with Crippen LogP contribution >= 0.6 is 0 Å². The van der Waals surface area contributed by atoms with Crippen molar-refractivity contribution in [2.45, 2.75) is 19.6 Å². The molecule has 6 nitrogen and oxygen atoms in total. The maximum atomic E-state index is 13.5. The van der Waals surface area contributed by atoms with Gasteiger partial charge in [0.25, 0.3) is 0 Å². The van der Waals surface area contributed by atoms with E-state index in [-0.39, 0.29) is 20.9 Å². The van der Waals surface area contributed by atoms with Crippen molar-refractivity contribution in [3.8, 4) is 23.0 Å². The van der Waals surface area contributed by atoms with Crippen LogP contribution in [0.4, 0.5) is 0 Å². The number of methoxy groups -OCH3 is 2. The molecule has 1 unspecified atom stereocenters. The molecule has 5 rings (SSSR count). The summed E-state index contributed by atoms with van der Waals surface area (Å²) in [4.78, 5) is 13.5. The summed E-state index contributed by atoms with van der Waals surface area (Å²) in [5.41, 5.74) is 4.30. The SMILES string of the molecule is COc1cc(/C=C/C(Cc2ccc(OCc3ccccc3)c(OC)c2)C(=O)OC[Se]c2ccccc2)ccc1OCc1ccccc1. The van der Waals surface area contributed by atoms with E-state index >= 15 is 0 Å². The van der Waals surface area contributed by atoms with Gasteiger partial charge < -0.3 is 0 Å². The fourth-order valence-corrected chi connectivity index (χ4v) is 6.21. The van der Waals surface area contributed by atoms with Crippen molar-refractivity contribution >= 4 is 31.5 Å². The molecular formula is C40H38O6Se. The number of esters is 1. The summed E-state index contributed by atoms with van der Waals surface area (Å²) >= 11 is 0.0229. The number of carbonyl (C=O) groups is 1. The van der Waals surface area contributed by atoms with Crippen molar-refractivity contribution in [1.82, 2.24) is 0 Å². The third-order valence-corrected chi connectivity index (χ3v) is 9.10. The minimum atomic E-state index is -0.526. The van der Waals surface area contributed by atoms with Crippen molar-refractivity contribution in [2.24, 2.45) is 5.92 Å². The van der Waals surface area contributed by atoms with Crippen LogP contribution in [-0.4, -0.2) is 40.7 Å². The summed E-state index contributed by atoms with van der Waals surface area (Å²) in [5, 5.41) is 0.